The van der Waals surface area contributed by atoms with Gasteiger partial charge in [-0.2, -0.15) is 5.10 Å². The molecule has 6 nitrogen and oxygen atoms in total. The van der Waals surface area contributed by atoms with Gasteiger partial charge in [0.2, 0.25) is 0 Å². The largest absolute Gasteiger partial charge is 0.497 e. The third kappa shape index (κ3) is 3.54. The summed E-state index contributed by atoms with van der Waals surface area (Å²) in [6, 6.07) is 16.4. The Bertz CT molecular complexity index is 867. The van der Waals surface area contributed by atoms with Crippen molar-refractivity contribution in [2.75, 3.05) is 13.7 Å². The fraction of sp³-hybridized carbons (Fsp3) is 0.158. The highest BCUT2D eigenvalue weighted by atomic mass is 16.5. The molecule has 25 heavy (non-hydrogen) atoms. The molecular formula is C19H18N2O4. The van der Waals surface area contributed by atoms with E-state index in [9.17, 15) is 9.90 Å². The molecule has 2 aromatic carbocycles. The molecule has 0 spiro atoms. The van der Waals surface area contributed by atoms with Crippen LogP contribution in [0.1, 0.15) is 16.1 Å². The summed E-state index contributed by atoms with van der Waals surface area (Å²) in [7, 11) is 1.59. The third-order valence-electron chi connectivity index (χ3n) is 3.90. The maximum atomic E-state index is 11.3. The Balaban J connectivity index is 2.06. The van der Waals surface area contributed by atoms with Crippen LogP contribution in [-0.4, -0.2) is 39.7 Å². The lowest BCUT2D eigenvalue weighted by atomic mass is 10.1. The average Bonchev–Trinajstić information content (AvgIpc) is 3.08. The lowest BCUT2D eigenvalue weighted by Crippen LogP contribution is -2.02. The second-order valence-electron chi connectivity index (χ2n) is 5.50. The molecule has 0 aliphatic rings. The molecular weight excluding hydrogens is 320 g/mol. The van der Waals surface area contributed by atoms with Crippen molar-refractivity contribution in [2.45, 2.75) is 6.42 Å². The van der Waals surface area contributed by atoms with Crippen LogP contribution < -0.4 is 4.74 Å². The Labute approximate surface area is 144 Å². The van der Waals surface area contributed by atoms with Crippen LogP contribution in [0, 0.1) is 0 Å². The van der Waals surface area contributed by atoms with Crippen molar-refractivity contribution in [3.63, 3.8) is 0 Å². The van der Waals surface area contributed by atoms with Gasteiger partial charge in [-0.25, -0.2) is 9.48 Å². The van der Waals surface area contributed by atoms with Gasteiger partial charge < -0.3 is 14.9 Å². The smallest absolute Gasteiger partial charge is 0.356 e. The summed E-state index contributed by atoms with van der Waals surface area (Å²) >= 11 is 0. The normalized spacial score (nSPS) is 10.6. The van der Waals surface area contributed by atoms with Gasteiger partial charge in [0.1, 0.15) is 5.75 Å². The molecule has 2 N–H and O–H groups in total. The molecule has 0 amide bonds. The minimum atomic E-state index is -1.08. The standard InChI is InChI=1S/C19H18N2O4/c1-25-16-8-6-15(7-9-16)21-18(12-17(20-21)19(23)24)14-4-2-13(3-5-14)10-11-22/h2-9,12,22H,10-11H2,1H3,(H,23,24). The fourth-order valence-electron chi connectivity index (χ4n) is 2.58. The molecule has 3 rings (SSSR count). The number of methoxy groups -OCH3 is 1. The molecule has 0 saturated heterocycles. The first kappa shape index (κ1) is 16.7. The first-order valence-electron chi connectivity index (χ1n) is 7.80. The number of carbonyl (C=O) groups is 1. The highest BCUT2D eigenvalue weighted by molar-refractivity contribution is 5.87. The Hall–Kier alpha value is -3.12. The first-order valence-corrected chi connectivity index (χ1v) is 7.80. The predicted molar refractivity (Wildman–Crippen MR) is 93.3 cm³/mol. The Kier molecular flexibility index (Phi) is 4.81. The topological polar surface area (TPSA) is 84.6 Å². The van der Waals surface area contributed by atoms with Gasteiger partial charge in [0, 0.05) is 12.2 Å². The second kappa shape index (κ2) is 7.19. The van der Waals surface area contributed by atoms with Gasteiger partial charge in [-0.15, -0.1) is 0 Å². The summed E-state index contributed by atoms with van der Waals surface area (Å²) in [5.74, 6) is -0.366. The van der Waals surface area contributed by atoms with E-state index in [1.807, 2.05) is 36.4 Å². The molecule has 3 aromatic rings. The summed E-state index contributed by atoms with van der Waals surface area (Å²) in [5, 5.41) is 22.5. The molecule has 1 aromatic heterocycles. The number of hydrogen-bond donors (Lipinski definition) is 2. The number of ether oxygens (including phenoxy) is 1. The number of hydrogen-bond acceptors (Lipinski definition) is 4. The van der Waals surface area contributed by atoms with Gasteiger partial charge in [-0.1, -0.05) is 24.3 Å². The van der Waals surface area contributed by atoms with Crippen LogP contribution in [0.4, 0.5) is 0 Å². The van der Waals surface area contributed by atoms with E-state index >= 15 is 0 Å². The first-order chi connectivity index (χ1) is 12.1. The summed E-state index contributed by atoms with van der Waals surface area (Å²) in [6.07, 6.45) is 0.582. The molecule has 0 aliphatic carbocycles. The van der Waals surface area contributed by atoms with Crippen molar-refractivity contribution >= 4 is 5.97 Å². The average molecular weight is 338 g/mol. The van der Waals surface area contributed by atoms with Crippen molar-refractivity contribution in [1.82, 2.24) is 9.78 Å². The van der Waals surface area contributed by atoms with Crippen LogP contribution in [0.15, 0.2) is 54.6 Å². The van der Waals surface area contributed by atoms with Crippen molar-refractivity contribution < 1.29 is 19.7 Å². The highest BCUT2D eigenvalue weighted by Gasteiger charge is 2.16. The van der Waals surface area contributed by atoms with E-state index in [0.29, 0.717) is 17.9 Å². The zero-order chi connectivity index (χ0) is 17.8. The number of aromatic carboxylic acids is 1. The quantitative estimate of drug-likeness (QED) is 0.722. The van der Waals surface area contributed by atoms with Gasteiger partial charge in [0.05, 0.1) is 18.5 Å². The van der Waals surface area contributed by atoms with Gasteiger partial charge in [-0.3, -0.25) is 0 Å². The van der Waals surface area contributed by atoms with E-state index in [0.717, 1.165) is 16.8 Å². The molecule has 0 bridgehead atoms. The number of benzene rings is 2. The Morgan fingerprint density at radius 2 is 1.80 bits per heavy atom. The Morgan fingerprint density at radius 3 is 2.36 bits per heavy atom. The van der Waals surface area contributed by atoms with E-state index in [2.05, 4.69) is 5.10 Å². The Morgan fingerprint density at radius 1 is 1.12 bits per heavy atom. The zero-order valence-corrected chi connectivity index (χ0v) is 13.7. The number of aromatic nitrogens is 2. The summed E-state index contributed by atoms with van der Waals surface area (Å²) in [4.78, 5) is 11.3. The number of nitrogens with zero attached hydrogens (tertiary/aromatic N) is 2. The van der Waals surface area contributed by atoms with E-state index in [4.69, 9.17) is 9.84 Å². The van der Waals surface area contributed by atoms with Gasteiger partial charge >= 0.3 is 5.97 Å². The fourth-order valence-corrected chi connectivity index (χ4v) is 2.58. The highest BCUT2D eigenvalue weighted by Crippen LogP contribution is 2.25. The lowest BCUT2D eigenvalue weighted by Gasteiger charge is -2.09. The van der Waals surface area contributed by atoms with Crippen molar-refractivity contribution in [2.24, 2.45) is 0 Å². The summed E-state index contributed by atoms with van der Waals surface area (Å²) in [6.45, 7) is 0.0896. The minimum Gasteiger partial charge on any atom is -0.497 e. The molecule has 0 radical (unpaired) electrons. The maximum absolute atomic E-state index is 11.3. The summed E-state index contributed by atoms with van der Waals surface area (Å²) < 4.78 is 6.76. The molecule has 1 heterocycles. The lowest BCUT2D eigenvalue weighted by molar-refractivity contribution is 0.0690. The SMILES string of the molecule is COc1ccc(-n2nc(C(=O)O)cc2-c2ccc(CCO)cc2)cc1. The number of carboxylic acid groups (broad SMARTS) is 1. The van der Waals surface area contributed by atoms with Crippen LogP contribution in [0.3, 0.4) is 0 Å². The van der Waals surface area contributed by atoms with Crippen molar-refractivity contribution in [3.05, 3.63) is 65.9 Å². The predicted octanol–water partition coefficient (Wildman–Crippen LogP) is 2.78. The van der Waals surface area contributed by atoms with Crippen LogP contribution in [-0.2, 0) is 6.42 Å². The van der Waals surface area contributed by atoms with Gasteiger partial charge in [0.25, 0.3) is 0 Å². The molecule has 0 aliphatic heterocycles. The van der Waals surface area contributed by atoms with Crippen LogP contribution in [0.25, 0.3) is 16.9 Å². The van der Waals surface area contributed by atoms with Crippen LogP contribution in [0.5, 0.6) is 5.75 Å². The summed E-state index contributed by atoms with van der Waals surface area (Å²) in [5.41, 5.74) is 3.25. The van der Waals surface area contributed by atoms with E-state index in [-0.39, 0.29) is 12.3 Å². The molecule has 0 fully saturated rings. The van der Waals surface area contributed by atoms with E-state index in [1.165, 1.54) is 0 Å². The van der Waals surface area contributed by atoms with Gasteiger partial charge in [0.15, 0.2) is 5.69 Å². The van der Waals surface area contributed by atoms with Crippen LogP contribution >= 0.6 is 0 Å². The van der Waals surface area contributed by atoms with Crippen molar-refractivity contribution in [1.29, 1.82) is 0 Å². The van der Waals surface area contributed by atoms with Crippen molar-refractivity contribution in [3.8, 4) is 22.7 Å². The molecule has 6 heteroatoms. The maximum Gasteiger partial charge on any atom is 0.356 e. The van der Waals surface area contributed by atoms with Gasteiger partial charge in [-0.05, 0) is 42.3 Å². The van der Waals surface area contributed by atoms with E-state index in [1.54, 1.807) is 30.0 Å². The zero-order valence-electron chi connectivity index (χ0n) is 13.7. The number of aliphatic hydroxyl groups excluding tert-OH is 1. The van der Waals surface area contributed by atoms with Crippen LogP contribution in [0.2, 0.25) is 0 Å². The van der Waals surface area contributed by atoms with E-state index < -0.39 is 5.97 Å². The number of carboxylic acids is 1. The number of rotatable bonds is 6. The second-order valence-corrected chi connectivity index (χ2v) is 5.50. The third-order valence-corrected chi connectivity index (χ3v) is 3.90. The minimum absolute atomic E-state index is 0.0229. The monoisotopic (exact) mass is 338 g/mol. The molecule has 0 unspecified atom stereocenters. The molecule has 0 atom stereocenters. The molecule has 128 valence electrons. The number of aliphatic hydroxyl groups is 1. The molecule has 0 saturated carbocycles.